The minimum Gasteiger partial charge on any atom is -0.331 e. The molecule has 0 fully saturated rings. The van der Waals surface area contributed by atoms with Gasteiger partial charge in [-0.1, -0.05) is 41.4 Å². The van der Waals surface area contributed by atoms with Crippen LogP contribution in [0.2, 0.25) is 5.02 Å². The third-order valence-electron chi connectivity index (χ3n) is 3.03. The molecule has 0 aromatic heterocycles. The number of halogens is 1. The summed E-state index contributed by atoms with van der Waals surface area (Å²) in [5.74, 6) is 0. The van der Waals surface area contributed by atoms with E-state index in [0.717, 1.165) is 5.56 Å². The Hall–Kier alpha value is -2.00. The number of carbonyl (C=O) groups is 1. The predicted octanol–water partition coefficient (Wildman–Crippen LogP) is 4.53. The van der Waals surface area contributed by atoms with Crippen LogP contribution in [0, 0.1) is 6.92 Å². The van der Waals surface area contributed by atoms with Gasteiger partial charge in [-0.2, -0.15) is 0 Å². The van der Waals surface area contributed by atoms with Crippen molar-refractivity contribution in [2.45, 2.75) is 19.9 Å². The number of anilines is 1. The van der Waals surface area contributed by atoms with Crippen LogP contribution in [0.3, 0.4) is 0 Å². The van der Waals surface area contributed by atoms with E-state index in [2.05, 4.69) is 10.6 Å². The van der Waals surface area contributed by atoms with Gasteiger partial charge < -0.3 is 10.6 Å². The van der Waals surface area contributed by atoms with Gasteiger partial charge in [0, 0.05) is 10.7 Å². The number of hydrogen-bond donors (Lipinski definition) is 2. The predicted molar refractivity (Wildman–Crippen MR) is 83.2 cm³/mol. The molecule has 0 saturated carbocycles. The van der Waals surface area contributed by atoms with Crippen molar-refractivity contribution in [1.29, 1.82) is 0 Å². The van der Waals surface area contributed by atoms with Crippen LogP contribution in [-0.2, 0) is 0 Å². The molecular formula is C16H17ClN2O. The van der Waals surface area contributed by atoms with Gasteiger partial charge in [0.1, 0.15) is 0 Å². The van der Waals surface area contributed by atoms with Crippen LogP contribution >= 0.6 is 11.6 Å². The second-order valence-corrected chi connectivity index (χ2v) is 5.17. The molecule has 2 aromatic carbocycles. The Labute approximate surface area is 124 Å². The minimum absolute atomic E-state index is 0.0529. The molecule has 4 heteroatoms. The largest absolute Gasteiger partial charge is 0.331 e. The monoisotopic (exact) mass is 288 g/mol. The van der Waals surface area contributed by atoms with Crippen molar-refractivity contribution >= 4 is 23.3 Å². The highest BCUT2D eigenvalue weighted by molar-refractivity contribution is 6.30. The molecule has 0 aliphatic rings. The zero-order valence-corrected chi connectivity index (χ0v) is 12.2. The van der Waals surface area contributed by atoms with Crippen LogP contribution in [0.15, 0.2) is 48.5 Å². The molecule has 0 aliphatic carbocycles. The number of urea groups is 1. The Kier molecular flexibility index (Phi) is 4.64. The molecule has 104 valence electrons. The number of carbonyl (C=O) groups excluding carboxylic acids is 1. The summed E-state index contributed by atoms with van der Waals surface area (Å²) in [5, 5.41) is 6.31. The average Bonchev–Trinajstić information content (AvgIpc) is 2.42. The third kappa shape index (κ3) is 4.00. The van der Waals surface area contributed by atoms with Gasteiger partial charge in [-0.15, -0.1) is 0 Å². The van der Waals surface area contributed by atoms with Crippen molar-refractivity contribution in [3.8, 4) is 0 Å². The summed E-state index contributed by atoms with van der Waals surface area (Å²) in [6.07, 6.45) is 0. The number of amides is 2. The molecule has 2 N–H and O–H groups in total. The number of rotatable bonds is 3. The molecule has 0 heterocycles. The summed E-state index contributed by atoms with van der Waals surface area (Å²) in [6.45, 7) is 3.99. The highest BCUT2D eigenvalue weighted by atomic mass is 35.5. The lowest BCUT2D eigenvalue weighted by atomic mass is 10.1. The molecular weight excluding hydrogens is 272 g/mol. The second-order valence-electron chi connectivity index (χ2n) is 4.74. The molecule has 0 radical (unpaired) electrons. The molecule has 20 heavy (non-hydrogen) atoms. The van der Waals surface area contributed by atoms with Crippen LogP contribution < -0.4 is 10.6 Å². The Balaban J connectivity index is 1.93. The highest BCUT2D eigenvalue weighted by Crippen LogP contribution is 2.15. The number of benzene rings is 2. The molecule has 0 saturated heterocycles. The van der Waals surface area contributed by atoms with E-state index in [1.165, 1.54) is 5.56 Å². The van der Waals surface area contributed by atoms with E-state index < -0.39 is 0 Å². The van der Waals surface area contributed by atoms with Gasteiger partial charge in [-0.3, -0.25) is 0 Å². The van der Waals surface area contributed by atoms with Gasteiger partial charge in [0.15, 0.2) is 0 Å². The Morgan fingerprint density at radius 1 is 1.05 bits per heavy atom. The fourth-order valence-electron chi connectivity index (χ4n) is 1.84. The number of aryl methyl sites for hydroxylation is 1. The SMILES string of the molecule is Cc1ccc([C@H](C)NC(=O)Nc2ccc(Cl)cc2)cc1. The number of nitrogens with one attached hydrogen (secondary N) is 2. The first kappa shape index (κ1) is 14.4. The summed E-state index contributed by atoms with van der Waals surface area (Å²) in [5.41, 5.74) is 2.98. The van der Waals surface area contributed by atoms with E-state index in [0.29, 0.717) is 10.7 Å². The van der Waals surface area contributed by atoms with E-state index in [4.69, 9.17) is 11.6 Å². The zero-order chi connectivity index (χ0) is 14.5. The maximum Gasteiger partial charge on any atom is 0.319 e. The molecule has 0 bridgehead atoms. The molecule has 2 amide bonds. The standard InChI is InChI=1S/C16H17ClN2O/c1-11-3-5-13(6-4-11)12(2)18-16(20)19-15-9-7-14(17)8-10-15/h3-10,12H,1-2H3,(H2,18,19,20)/t12-/m0/s1. The molecule has 2 aromatic rings. The summed E-state index contributed by atoms with van der Waals surface area (Å²) >= 11 is 5.80. The smallest absolute Gasteiger partial charge is 0.319 e. The summed E-state index contributed by atoms with van der Waals surface area (Å²) in [7, 11) is 0. The first-order chi connectivity index (χ1) is 9.54. The van der Waals surface area contributed by atoms with E-state index >= 15 is 0 Å². The molecule has 3 nitrogen and oxygen atoms in total. The molecule has 0 spiro atoms. The van der Waals surface area contributed by atoms with Crippen LogP contribution in [-0.4, -0.2) is 6.03 Å². The average molecular weight is 289 g/mol. The zero-order valence-electron chi connectivity index (χ0n) is 11.5. The van der Waals surface area contributed by atoms with Crippen LogP contribution in [0.5, 0.6) is 0 Å². The quantitative estimate of drug-likeness (QED) is 0.856. The van der Waals surface area contributed by atoms with E-state index in [9.17, 15) is 4.79 Å². The van der Waals surface area contributed by atoms with Crippen molar-refractivity contribution < 1.29 is 4.79 Å². The maximum absolute atomic E-state index is 11.9. The highest BCUT2D eigenvalue weighted by Gasteiger charge is 2.09. The first-order valence-electron chi connectivity index (χ1n) is 6.44. The van der Waals surface area contributed by atoms with Gasteiger partial charge in [-0.05, 0) is 43.7 Å². The van der Waals surface area contributed by atoms with Crippen molar-refractivity contribution in [1.82, 2.24) is 5.32 Å². The van der Waals surface area contributed by atoms with E-state index in [1.54, 1.807) is 24.3 Å². The lowest BCUT2D eigenvalue weighted by molar-refractivity contribution is 0.249. The van der Waals surface area contributed by atoms with Gasteiger partial charge >= 0.3 is 6.03 Å². The minimum atomic E-state index is -0.236. The third-order valence-corrected chi connectivity index (χ3v) is 3.28. The Morgan fingerprint density at radius 3 is 2.25 bits per heavy atom. The van der Waals surface area contributed by atoms with Crippen LogP contribution in [0.1, 0.15) is 24.1 Å². The maximum atomic E-state index is 11.9. The van der Waals surface area contributed by atoms with Gasteiger partial charge in [0.05, 0.1) is 6.04 Å². The number of hydrogen-bond acceptors (Lipinski definition) is 1. The van der Waals surface area contributed by atoms with Gasteiger partial charge in [-0.25, -0.2) is 4.79 Å². The lowest BCUT2D eigenvalue weighted by Gasteiger charge is -2.15. The fourth-order valence-corrected chi connectivity index (χ4v) is 1.96. The normalized spacial score (nSPS) is 11.8. The summed E-state index contributed by atoms with van der Waals surface area (Å²) in [6, 6.07) is 14.8. The van der Waals surface area contributed by atoms with Gasteiger partial charge in [0.25, 0.3) is 0 Å². The van der Waals surface area contributed by atoms with E-state index in [-0.39, 0.29) is 12.1 Å². The second kappa shape index (κ2) is 6.44. The van der Waals surface area contributed by atoms with Crippen molar-refractivity contribution in [2.75, 3.05) is 5.32 Å². The lowest BCUT2D eigenvalue weighted by Crippen LogP contribution is -2.31. The molecule has 2 rings (SSSR count). The Morgan fingerprint density at radius 2 is 1.65 bits per heavy atom. The van der Waals surface area contributed by atoms with Crippen molar-refractivity contribution in [2.24, 2.45) is 0 Å². The first-order valence-corrected chi connectivity index (χ1v) is 6.82. The summed E-state index contributed by atoms with van der Waals surface area (Å²) < 4.78 is 0. The van der Waals surface area contributed by atoms with Crippen molar-refractivity contribution in [3.05, 3.63) is 64.7 Å². The Bertz CT molecular complexity index is 578. The van der Waals surface area contributed by atoms with E-state index in [1.807, 2.05) is 38.1 Å². The van der Waals surface area contributed by atoms with Crippen LogP contribution in [0.25, 0.3) is 0 Å². The molecule has 0 unspecified atom stereocenters. The van der Waals surface area contributed by atoms with Crippen molar-refractivity contribution in [3.63, 3.8) is 0 Å². The fraction of sp³-hybridized carbons (Fsp3) is 0.188. The summed E-state index contributed by atoms with van der Waals surface area (Å²) in [4.78, 5) is 11.9. The molecule has 1 atom stereocenters. The topological polar surface area (TPSA) is 41.1 Å². The van der Waals surface area contributed by atoms with Gasteiger partial charge in [0.2, 0.25) is 0 Å². The molecule has 0 aliphatic heterocycles. The van der Waals surface area contributed by atoms with Crippen LogP contribution in [0.4, 0.5) is 10.5 Å².